The number of hydrogen-bond acceptors (Lipinski definition) is 2. The molecular weight excluding hydrogens is 234 g/mol. The van der Waals surface area contributed by atoms with Crippen LogP contribution in [0.5, 0.6) is 0 Å². The van der Waals surface area contributed by atoms with Gasteiger partial charge in [-0.2, -0.15) is 5.10 Å². The summed E-state index contributed by atoms with van der Waals surface area (Å²) in [5, 5.41) is 8.22. The van der Waals surface area contributed by atoms with Crippen LogP contribution < -0.4 is 5.32 Å². The highest BCUT2D eigenvalue weighted by molar-refractivity contribution is 5.19. The Morgan fingerprint density at radius 2 is 2.11 bits per heavy atom. The van der Waals surface area contributed by atoms with E-state index in [2.05, 4.69) is 37.4 Å². The van der Waals surface area contributed by atoms with Crippen molar-refractivity contribution in [1.29, 1.82) is 0 Å². The third-order valence-electron chi connectivity index (χ3n) is 4.50. The van der Waals surface area contributed by atoms with Crippen LogP contribution in [0.15, 0.2) is 6.20 Å². The largest absolute Gasteiger partial charge is 0.312 e. The summed E-state index contributed by atoms with van der Waals surface area (Å²) in [6.45, 7) is 8.97. The topological polar surface area (TPSA) is 29.9 Å². The highest BCUT2D eigenvalue weighted by Crippen LogP contribution is 2.29. The summed E-state index contributed by atoms with van der Waals surface area (Å²) >= 11 is 0. The number of nitrogens with one attached hydrogen (secondary N) is 1. The highest BCUT2D eigenvalue weighted by atomic mass is 15.3. The average Bonchev–Trinajstić information content (AvgIpc) is 2.73. The molecule has 0 amide bonds. The molecule has 108 valence electrons. The van der Waals surface area contributed by atoms with Gasteiger partial charge in [0.05, 0.1) is 5.69 Å². The summed E-state index contributed by atoms with van der Waals surface area (Å²) < 4.78 is 1.94. The molecule has 19 heavy (non-hydrogen) atoms. The van der Waals surface area contributed by atoms with Gasteiger partial charge in [-0.3, -0.25) is 4.68 Å². The average molecular weight is 263 g/mol. The first-order valence-corrected chi connectivity index (χ1v) is 7.81. The minimum Gasteiger partial charge on any atom is -0.312 e. The third kappa shape index (κ3) is 3.82. The van der Waals surface area contributed by atoms with Crippen LogP contribution in [-0.2, 0) is 13.6 Å². The molecule has 1 saturated carbocycles. The van der Waals surface area contributed by atoms with Crippen molar-refractivity contribution in [2.45, 2.75) is 58.9 Å². The first kappa shape index (κ1) is 14.6. The number of hydrogen-bond donors (Lipinski definition) is 1. The summed E-state index contributed by atoms with van der Waals surface area (Å²) in [7, 11) is 2.01. The van der Waals surface area contributed by atoms with Crippen molar-refractivity contribution in [2.75, 3.05) is 6.54 Å². The van der Waals surface area contributed by atoms with Crippen LogP contribution >= 0.6 is 0 Å². The molecule has 2 atom stereocenters. The zero-order valence-electron chi connectivity index (χ0n) is 12.9. The van der Waals surface area contributed by atoms with Gasteiger partial charge >= 0.3 is 0 Å². The van der Waals surface area contributed by atoms with Crippen LogP contribution in [0.1, 0.15) is 63.6 Å². The molecule has 1 N–H and O–H groups in total. The van der Waals surface area contributed by atoms with Crippen molar-refractivity contribution in [3.63, 3.8) is 0 Å². The van der Waals surface area contributed by atoms with Crippen LogP contribution in [0, 0.1) is 11.8 Å². The zero-order chi connectivity index (χ0) is 13.8. The van der Waals surface area contributed by atoms with E-state index in [1.165, 1.54) is 36.9 Å². The Kier molecular flexibility index (Phi) is 5.03. The second kappa shape index (κ2) is 6.56. The SMILES string of the molecule is CC(C)c1nn(C)cc1CNCC1CCCCC1C. The third-order valence-corrected chi connectivity index (χ3v) is 4.50. The summed E-state index contributed by atoms with van der Waals surface area (Å²) in [6.07, 6.45) is 7.82. The molecule has 3 heteroatoms. The molecule has 2 rings (SSSR count). The first-order valence-electron chi connectivity index (χ1n) is 7.81. The quantitative estimate of drug-likeness (QED) is 0.881. The van der Waals surface area contributed by atoms with Crippen LogP contribution in [-0.4, -0.2) is 16.3 Å². The van der Waals surface area contributed by atoms with E-state index in [0.717, 1.165) is 24.9 Å². The lowest BCUT2D eigenvalue weighted by Gasteiger charge is -2.28. The maximum absolute atomic E-state index is 4.57. The Bertz CT molecular complexity index is 395. The standard InChI is InChI=1S/C16H29N3/c1-12(2)16-15(11-19(4)18-16)10-17-9-14-8-6-5-7-13(14)3/h11-14,17H,5-10H2,1-4H3. The Labute approximate surface area is 117 Å². The molecule has 0 radical (unpaired) electrons. The Morgan fingerprint density at radius 3 is 2.79 bits per heavy atom. The van der Waals surface area contributed by atoms with E-state index in [0.29, 0.717) is 5.92 Å². The summed E-state index contributed by atoms with van der Waals surface area (Å²) in [6, 6.07) is 0. The lowest BCUT2D eigenvalue weighted by Crippen LogP contribution is -2.29. The van der Waals surface area contributed by atoms with E-state index in [4.69, 9.17) is 0 Å². The molecule has 1 aromatic rings. The van der Waals surface area contributed by atoms with Gasteiger partial charge in [0, 0.05) is 25.4 Å². The molecule has 1 aromatic heterocycles. The van der Waals surface area contributed by atoms with Gasteiger partial charge in [-0.1, -0.05) is 40.0 Å². The van der Waals surface area contributed by atoms with Gasteiger partial charge in [0.2, 0.25) is 0 Å². The lowest BCUT2D eigenvalue weighted by molar-refractivity contribution is 0.247. The van der Waals surface area contributed by atoms with E-state index in [1.54, 1.807) is 0 Å². The molecule has 0 saturated heterocycles. The van der Waals surface area contributed by atoms with E-state index in [1.807, 2.05) is 11.7 Å². The fourth-order valence-corrected chi connectivity index (χ4v) is 3.27. The lowest BCUT2D eigenvalue weighted by atomic mass is 9.80. The monoisotopic (exact) mass is 263 g/mol. The van der Waals surface area contributed by atoms with Gasteiger partial charge < -0.3 is 5.32 Å². The van der Waals surface area contributed by atoms with Gasteiger partial charge in [-0.05, 0) is 30.7 Å². The van der Waals surface area contributed by atoms with Crippen molar-refractivity contribution < 1.29 is 0 Å². The van der Waals surface area contributed by atoms with Crippen LogP contribution in [0.2, 0.25) is 0 Å². The summed E-state index contributed by atoms with van der Waals surface area (Å²) in [5.41, 5.74) is 2.60. The molecule has 1 aliphatic rings. The van der Waals surface area contributed by atoms with Gasteiger partial charge in [-0.15, -0.1) is 0 Å². The van der Waals surface area contributed by atoms with Crippen molar-refractivity contribution in [1.82, 2.24) is 15.1 Å². The normalized spacial score (nSPS) is 24.1. The van der Waals surface area contributed by atoms with Crippen molar-refractivity contribution in [2.24, 2.45) is 18.9 Å². The Morgan fingerprint density at radius 1 is 1.37 bits per heavy atom. The van der Waals surface area contributed by atoms with Gasteiger partial charge in [0.25, 0.3) is 0 Å². The molecule has 1 aliphatic carbocycles. The van der Waals surface area contributed by atoms with Crippen molar-refractivity contribution in [3.8, 4) is 0 Å². The Hall–Kier alpha value is -0.830. The van der Waals surface area contributed by atoms with E-state index >= 15 is 0 Å². The summed E-state index contributed by atoms with van der Waals surface area (Å²) in [5.74, 6) is 2.26. The smallest absolute Gasteiger partial charge is 0.0694 e. The van der Waals surface area contributed by atoms with E-state index in [-0.39, 0.29) is 0 Å². The highest BCUT2D eigenvalue weighted by Gasteiger charge is 2.21. The predicted molar refractivity (Wildman–Crippen MR) is 80.1 cm³/mol. The van der Waals surface area contributed by atoms with Gasteiger partial charge in [0.15, 0.2) is 0 Å². The molecular formula is C16H29N3. The molecule has 1 heterocycles. The molecule has 0 aromatic carbocycles. The number of nitrogens with zero attached hydrogens (tertiary/aromatic N) is 2. The van der Waals surface area contributed by atoms with Crippen molar-refractivity contribution >= 4 is 0 Å². The number of rotatable bonds is 5. The number of aromatic nitrogens is 2. The molecule has 1 fully saturated rings. The zero-order valence-corrected chi connectivity index (χ0v) is 12.9. The fraction of sp³-hybridized carbons (Fsp3) is 0.812. The molecule has 0 spiro atoms. The van der Waals surface area contributed by atoms with E-state index < -0.39 is 0 Å². The van der Waals surface area contributed by atoms with Crippen molar-refractivity contribution in [3.05, 3.63) is 17.5 Å². The van der Waals surface area contributed by atoms with Crippen LogP contribution in [0.3, 0.4) is 0 Å². The van der Waals surface area contributed by atoms with Gasteiger partial charge in [0.1, 0.15) is 0 Å². The van der Waals surface area contributed by atoms with Crippen LogP contribution in [0.4, 0.5) is 0 Å². The molecule has 0 aliphatic heterocycles. The predicted octanol–water partition coefficient (Wildman–Crippen LogP) is 3.46. The second-order valence-electron chi connectivity index (χ2n) is 6.52. The summed E-state index contributed by atoms with van der Waals surface area (Å²) in [4.78, 5) is 0. The number of aryl methyl sites for hydroxylation is 1. The minimum atomic E-state index is 0.506. The van der Waals surface area contributed by atoms with E-state index in [9.17, 15) is 0 Å². The molecule has 2 unspecified atom stereocenters. The maximum Gasteiger partial charge on any atom is 0.0694 e. The van der Waals surface area contributed by atoms with Gasteiger partial charge in [-0.25, -0.2) is 0 Å². The minimum absolute atomic E-state index is 0.506. The fourth-order valence-electron chi connectivity index (χ4n) is 3.27. The Balaban J connectivity index is 1.85. The molecule has 3 nitrogen and oxygen atoms in total. The van der Waals surface area contributed by atoms with Crippen LogP contribution in [0.25, 0.3) is 0 Å². The second-order valence-corrected chi connectivity index (χ2v) is 6.52. The molecule has 0 bridgehead atoms. The maximum atomic E-state index is 4.57. The first-order chi connectivity index (χ1) is 9.08.